The molecule has 2 aliphatic rings. The standard InChI is InChI=1S/C23H29N5O5/c1-4-16(13-20(30)33-5-2)25-19(29)14-28-23(32)18(22(31)27(28)3)11-10-17-9-8-15-7-6-12-24-21(15)26-17/h1,8-9,16,18H,5-7,10-14H2,2-3H3,(H,24,26)(H,25,29)/t16-,18?/m1/s1. The van der Waals surface area contributed by atoms with Crippen LogP contribution in [0.25, 0.3) is 0 Å². The van der Waals surface area contributed by atoms with E-state index in [1.165, 1.54) is 12.6 Å². The molecule has 0 spiro atoms. The first-order valence-electron chi connectivity index (χ1n) is 11.1. The molecule has 2 aliphatic heterocycles. The Morgan fingerprint density at radius 2 is 2.15 bits per heavy atom. The number of hydrogen-bond donors (Lipinski definition) is 2. The number of pyridine rings is 1. The fourth-order valence-corrected chi connectivity index (χ4v) is 3.92. The highest BCUT2D eigenvalue weighted by Crippen LogP contribution is 2.25. The van der Waals surface area contributed by atoms with Gasteiger partial charge in [0.2, 0.25) is 5.91 Å². The maximum absolute atomic E-state index is 12.9. The van der Waals surface area contributed by atoms with Crippen molar-refractivity contribution in [1.82, 2.24) is 20.3 Å². The van der Waals surface area contributed by atoms with Gasteiger partial charge in [-0.15, -0.1) is 6.42 Å². The number of carbonyl (C=O) groups is 4. The molecule has 10 heteroatoms. The first-order valence-corrected chi connectivity index (χ1v) is 11.1. The second-order valence-electron chi connectivity index (χ2n) is 7.99. The second kappa shape index (κ2) is 10.8. The van der Waals surface area contributed by atoms with E-state index in [9.17, 15) is 19.2 Å². The Morgan fingerprint density at radius 1 is 1.36 bits per heavy atom. The van der Waals surface area contributed by atoms with E-state index in [0.717, 1.165) is 40.9 Å². The minimum absolute atomic E-state index is 0.177. The molecule has 3 heterocycles. The highest BCUT2D eigenvalue weighted by Gasteiger charge is 2.44. The zero-order valence-corrected chi connectivity index (χ0v) is 18.9. The van der Waals surface area contributed by atoms with Gasteiger partial charge in [0.25, 0.3) is 11.8 Å². The van der Waals surface area contributed by atoms with Gasteiger partial charge in [-0.25, -0.2) is 9.99 Å². The van der Waals surface area contributed by atoms with E-state index in [4.69, 9.17) is 11.2 Å². The minimum atomic E-state index is -0.878. The number of nitrogens with one attached hydrogen (secondary N) is 2. The lowest BCUT2D eigenvalue weighted by atomic mass is 10.00. The number of hydrogen-bond acceptors (Lipinski definition) is 7. The first kappa shape index (κ1) is 24.0. The van der Waals surface area contributed by atoms with Crippen molar-refractivity contribution in [3.05, 3.63) is 23.4 Å². The SMILES string of the molecule is C#C[C@H](CC(=O)OCC)NC(=O)CN1C(=O)C(CCc2ccc3c(n2)NCCC3)C(=O)N1C. The summed E-state index contributed by atoms with van der Waals surface area (Å²) in [7, 11) is 1.45. The van der Waals surface area contributed by atoms with Crippen LogP contribution in [0.5, 0.6) is 0 Å². The van der Waals surface area contributed by atoms with Crippen LogP contribution in [-0.2, 0) is 36.8 Å². The highest BCUT2D eigenvalue weighted by molar-refractivity contribution is 6.06. The average molecular weight is 456 g/mol. The topological polar surface area (TPSA) is 121 Å². The van der Waals surface area contributed by atoms with Crippen LogP contribution in [0.2, 0.25) is 0 Å². The Labute approximate surface area is 193 Å². The fraction of sp³-hybridized carbons (Fsp3) is 0.522. The number of fused-ring (bicyclic) bond motifs is 1. The Kier molecular flexibility index (Phi) is 7.87. The van der Waals surface area contributed by atoms with Gasteiger partial charge in [-0.05, 0) is 44.2 Å². The molecule has 0 bridgehead atoms. The van der Waals surface area contributed by atoms with E-state index in [1.54, 1.807) is 6.92 Å². The van der Waals surface area contributed by atoms with Gasteiger partial charge in [0.05, 0.1) is 13.0 Å². The summed E-state index contributed by atoms with van der Waals surface area (Å²) in [6.45, 7) is 2.38. The normalized spacial score (nSPS) is 18.3. The number of amides is 3. The van der Waals surface area contributed by atoms with Gasteiger partial charge in [-0.1, -0.05) is 12.0 Å². The molecular weight excluding hydrogens is 426 g/mol. The Morgan fingerprint density at radius 3 is 2.88 bits per heavy atom. The molecule has 33 heavy (non-hydrogen) atoms. The van der Waals surface area contributed by atoms with Crippen LogP contribution in [0.3, 0.4) is 0 Å². The summed E-state index contributed by atoms with van der Waals surface area (Å²) in [4.78, 5) is 54.2. The van der Waals surface area contributed by atoms with Crippen molar-refractivity contribution in [3.8, 4) is 12.3 Å². The zero-order valence-electron chi connectivity index (χ0n) is 18.9. The van der Waals surface area contributed by atoms with E-state index in [1.807, 2.05) is 12.1 Å². The van der Waals surface area contributed by atoms with E-state index in [0.29, 0.717) is 12.8 Å². The fourth-order valence-electron chi connectivity index (χ4n) is 3.92. The van der Waals surface area contributed by atoms with E-state index in [-0.39, 0.29) is 25.5 Å². The highest BCUT2D eigenvalue weighted by atomic mass is 16.5. The van der Waals surface area contributed by atoms with Crippen LogP contribution in [0.1, 0.15) is 37.4 Å². The maximum atomic E-state index is 12.9. The summed E-state index contributed by atoms with van der Waals surface area (Å²) < 4.78 is 4.83. The van der Waals surface area contributed by atoms with Crippen LogP contribution < -0.4 is 10.6 Å². The van der Waals surface area contributed by atoms with Gasteiger partial charge in [0.1, 0.15) is 24.3 Å². The van der Waals surface area contributed by atoms with Crippen molar-refractivity contribution in [1.29, 1.82) is 0 Å². The van der Waals surface area contributed by atoms with E-state index < -0.39 is 29.7 Å². The van der Waals surface area contributed by atoms with Crippen LogP contribution in [0.4, 0.5) is 5.82 Å². The molecule has 0 saturated carbocycles. The van der Waals surface area contributed by atoms with Crippen LogP contribution in [-0.4, -0.2) is 71.5 Å². The molecule has 3 rings (SSSR count). The minimum Gasteiger partial charge on any atom is -0.466 e. The molecule has 0 aliphatic carbocycles. The van der Waals surface area contributed by atoms with Crippen LogP contribution >= 0.6 is 0 Å². The summed E-state index contributed by atoms with van der Waals surface area (Å²) in [5.74, 6) is 0.384. The molecule has 1 unspecified atom stereocenters. The molecule has 2 N–H and O–H groups in total. The smallest absolute Gasteiger partial charge is 0.308 e. The van der Waals surface area contributed by atoms with Crippen molar-refractivity contribution in [2.75, 3.05) is 32.1 Å². The number of carbonyl (C=O) groups excluding carboxylic acids is 4. The number of rotatable bonds is 9. The van der Waals surface area contributed by atoms with Crippen molar-refractivity contribution in [2.45, 2.75) is 45.1 Å². The lowest BCUT2D eigenvalue weighted by molar-refractivity contribution is -0.148. The zero-order chi connectivity index (χ0) is 24.0. The Bertz CT molecular complexity index is 972. The average Bonchev–Trinajstić information content (AvgIpc) is 3.00. The van der Waals surface area contributed by atoms with Gasteiger partial charge in [0.15, 0.2) is 0 Å². The number of esters is 1. The Balaban J connectivity index is 1.56. The van der Waals surface area contributed by atoms with Gasteiger partial charge in [0, 0.05) is 19.3 Å². The molecule has 3 amide bonds. The monoisotopic (exact) mass is 455 g/mol. The Hall–Kier alpha value is -3.61. The summed E-state index contributed by atoms with van der Waals surface area (Å²) in [6, 6.07) is 3.09. The van der Waals surface area contributed by atoms with Crippen LogP contribution in [0.15, 0.2) is 12.1 Å². The third-order valence-corrected chi connectivity index (χ3v) is 5.68. The molecular formula is C23H29N5O5. The number of hydrazine groups is 1. The first-order chi connectivity index (χ1) is 15.8. The molecule has 0 aromatic carbocycles. The number of terminal acetylenes is 1. The number of aromatic nitrogens is 1. The van der Waals surface area contributed by atoms with Crippen LogP contribution in [0, 0.1) is 18.3 Å². The molecule has 2 atom stereocenters. The summed E-state index contributed by atoms with van der Waals surface area (Å²) >= 11 is 0. The third-order valence-electron chi connectivity index (χ3n) is 5.68. The van der Waals surface area contributed by atoms with Crippen molar-refractivity contribution in [2.24, 2.45) is 5.92 Å². The van der Waals surface area contributed by atoms with Gasteiger partial charge in [-0.3, -0.25) is 24.2 Å². The lowest BCUT2D eigenvalue weighted by Gasteiger charge is -2.23. The molecule has 1 fully saturated rings. The predicted molar refractivity (Wildman–Crippen MR) is 119 cm³/mol. The predicted octanol–water partition coefficient (Wildman–Crippen LogP) is 0.275. The molecule has 1 aromatic rings. The molecule has 0 radical (unpaired) electrons. The van der Waals surface area contributed by atoms with E-state index in [2.05, 4.69) is 21.5 Å². The molecule has 1 aromatic heterocycles. The van der Waals surface area contributed by atoms with Crippen molar-refractivity contribution in [3.63, 3.8) is 0 Å². The number of anilines is 1. The molecule has 1 saturated heterocycles. The number of aryl methyl sites for hydroxylation is 2. The maximum Gasteiger partial charge on any atom is 0.308 e. The van der Waals surface area contributed by atoms with E-state index >= 15 is 0 Å². The number of nitrogens with zero attached hydrogens (tertiary/aromatic N) is 3. The summed E-state index contributed by atoms with van der Waals surface area (Å²) in [5.41, 5.74) is 1.97. The van der Waals surface area contributed by atoms with Crippen molar-refractivity contribution < 1.29 is 23.9 Å². The lowest BCUT2D eigenvalue weighted by Crippen LogP contribution is -2.47. The molecule has 176 valence electrons. The van der Waals surface area contributed by atoms with Gasteiger partial charge in [-0.2, -0.15) is 0 Å². The summed E-state index contributed by atoms with van der Waals surface area (Å²) in [5, 5.41) is 8.05. The largest absolute Gasteiger partial charge is 0.466 e. The van der Waals surface area contributed by atoms with Gasteiger partial charge < -0.3 is 15.4 Å². The molecule has 10 nitrogen and oxygen atoms in total. The second-order valence-corrected chi connectivity index (χ2v) is 7.99. The quantitative estimate of drug-likeness (QED) is 0.312. The van der Waals surface area contributed by atoms with Crippen molar-refractivity contribution >= 4 is 29.5 Å². The van der Waals surface area contributed by atoms with Gasteiger partial charge >= 0.3 is 5.97 Å². The number of ether oxygens (including phenoxy) is 1. The third kappa shape index (κ3) is 5.80. The summed E-state index contributed by atoms with van der Waals surface area (Å²) in [6.07, 6.45) is 8.01.